The van der Waals surface area contributed by atoms with Crippen molar-refractivity contribution in [2.45, 2.75) is 20.4 Å². The molecule has 0 unspecified atom stereocenters. The van der Waals surface area contributed by atoms with Crippen molar-refractivity contribution in [2.24, 2.45) is 0 Å². The molecule has 3 aromatic rings. The molecule has 1 amide bonds. The zero-order valence-corrected chi connectivity index (χ0v) is 16.0. The van der Waals surface area contributed by atoms with Crippen LogP contribution < -0.4 is 5.32 Å². The predicted octanol–water partition coefficient (Wildman–Crippen LogP) is 4.33. The van der Waals surface area contributed by atoms with E-state index in [-0.39, 0.29) is 10.7 Å². The standard InChI is InChI=1S/C20H18ClFN2O4/c1-12-8-16(13(2)24(12)10-15-4-3-7-27-15)20(26)28-11-19(25)23-18-6-5-14(22)9-17(18)21/h3-9H,10-11H2,1-2H3,(H,23,25). The van der Waals surface area contributed by atoms with E-state index in [1.807, 2.05) is 17.6 Å². The number of aryl methyl sites for hydroxylation is 1. The molecule has 28 heavy (non-hydrogen) atoms. The van der Waals surface area contributed by atoms with Crippen LogP contribution >= 0.6 is 11.6 Å². The second-order valence-electron chi connectivity index (χ2n) is 6.20. The number of hydrogen-bond donors (Lipinski definition) is 1. The average Bonchev–Trinajstić information content (AvgIpc) is 3.26. The maximum Gasteiger partial charge on any atom is 0.340 e. The Kier molecular flexibility index (Phi) is 5.84. The molecule has 2 heterocycles. The summed E-state index contributed by atoms with van der Waals surface area (Å²) in [4.78, 5) is 24.4. The molecular formula is C20H18ClFN2O4. The number of nitrogens with zero attached hydrogens (tertiary/aromatic N) is 1. The van der Waals surface area contributed by atoms with Crippen LogP contribution in [0.3, 0.4) is 0 Å². The smallest absolute Gasteiger partial charge is 0.340 e. The monoisotopic (exact) mass is 404 g/mol. The lowest BCUT2D eigenvalue weighted by Gasteiger charge is -2.09. The van der Waals surface area contributed by atoms with Crippen molar-refractivity contribution < 1.29 is 23.1 Å². The second-order valence-corrected chi connectivity index (χ2v) is 6.61. The molecule has 6 nitrogen and oxygen atoms in total. The van der Waals surface area contributed by atoms with Gasteiger partial charge in [0.05, 0.1) is 29.1 Å². The topological polar surface area (TPSA) is 73.5 Å². The van der Waals surface area contributed by atoms with Crippen LogP contribution in [-0.2, 0) is 16.1 Å². The molecule has 0 spiro atoms. The Bertz CT molecular complexity index is 1010. The third kappa shape index (κ3) is 4.43. The summed E-state index contributed by atoms with van der Waals surface area (Å²) in [6.45, 7) is 3.66. The highest BCUT2D eigenvalue weighted by molar-refractivity contribution is 6.33. The first-order valence-electron chi connectivity index (χ1n) is 8.46. The van der Waals surface area contributed by atoms with Gasteiger partial charge in [0.1, 0.15) is 11.6 Å². The maximum atomic E-state index is 13.0. The summed E-state index contributed by atoms with van der Waals surface area (Å²) in [5, 5.41) is 2.53. The highest BCUT2D eigenvalue weighted by Gasteiger charge is 2.19. The molecule has 0 atom stereocenters. The van der Waals surface area contributed by atoms with E-state index in [1.165, 1.54) is 12.1 Å². The molecule has 0 saturated carbocycles. The fraction of sp³-hybridized carbons (Fsp3) is 0.200. The number of carbonyl (C=O) groups excluding carboxylic acids is 2. The summed E-state index contributed by atoms with van der Waals surface area (Å²) in [6.07, 6.45) is 1.59. The number of aromatic nitrogens is 1. The van der Waals surface area contributed by atoms with Gasteiger partial charge in [-0.05, 0) is 50.2 Å². The maximum absolute atomic E-state index is 13.0. The molecule has 8 heteroatoms. The van der Waals surface area contributed by atoms with E-state index >= 15 is 0 Å². The number of carbonyl (C=O) groups is 2. The number of nitrogens with one attached hydrogen (secondary N) is 1. The van der Waals surface area contributed by atoms with Crippen molar-refractivity contribution in [3.63, 3.8) is 0 Å². The van der Waals surface area contributed by atoms with Gasteiger partial charge < -0.3 is 19.0 Å². The van der Waals surface area contributed by atoms with Crippen LogP contribution in [-0.4, -0.2) is 23.1 Å². The lowest BCUT2D eigenvalue weighted by molar-refractivity contribution is -0.119. The van der Waals surface area contributed by atoms with E-state index in [4.69, 9.17) is 20.8 Å². The minimum absolute atomic E-state index is 0.0566. The van der Waals surface area contributed by atoms with Crippen LogP contribution in [0.25, 0.3) is 0 Å². The van der Waals surface area contributed by atoms with E-state index < -0.39 is 24.3 Å². The summed E-state index contributed by atoms with van der Waals surface area (Å²) in [7, 11) is 0. The number of amides is 1. The molecule has 2 aromatic heterocycles. The molecule has 1 N–H and O–H groups in total. The summed E-state index contributed by atoms with van der Waals surface area (Å²) in [5.74, 6) is -0.943. The number of hydrogen-bond acceptors (Lipinski definition) is 4. The Morgan fingerprint density at radius 3 is 2.71 bits per heavy atom. The first-order chi connectivity index (χ1) is 13.3. The zero-order chi connectivity index (χ0) is 20.3. The van der Waals surface area contributed by atoms with Crippen molar-refractivity contribution in [2.75, 3.05) is 11.9 Å². The Labute approximate surface area is 165 Å². The van der Waals surface area contributed by atoms with Gasteiger partial charge >= 0.3 is 5.97 Å². The summed E-state index contributed by atoms with van der Waals surface area (Å²) in [5.41, 5.74) is 2.18. The van der Waals surface area contributed by atoms with Gasteiger partial charge in [0.15, 0.2) is 6.61 Å². The summed E-state index contributed by atoms with van der Waals surface area (Å²) in [6, 6.07) is 8.93. The first kappa shape index (κ1) is 19.7. The van der Waals surface area contributed by atoms with E-state index in [1.54, 1.807) is 25.3 Å². The van der Waals surface area contributed by atoms with Gasteiger partial charge in [0.25, 0.3) is 5.91 Å². The van der Waals surface area contributed by atoms with Crippen molar-refractivity contribution in [1.82, 2.24) is 4.57 Å². The third-order valence-corrected chi connectivity index (χ3v) is 4.54. The zero-order valence-electron chi connectivity index (χ0n) is 15.3. The van der Waals surface area contributed by atoms with Crippen LogP contribution in [0.4, 0.5) is 10.1 Å². The molecular weight excluding hydrogens is 387 g/mol. The molecule has 146 valence electrons. The van der Waals surface area contributed by atoms with Crippen molar-refractivity contribution in [3.05, 3.63) is 76.2 Å². The van der Waals surface area contributed by atoms with Crippen LogP contribution in [0.15, 0.2) is 47.1 Å². The quantitative estimate of drug-likeness (QED) is 0.620. The van der Waals surface area contributed by atoms with Crippen molar-refractivity contribution in [3.8, 4) is 0 Å². The van der Waals surface area contributed by atoms with Gasteiger partial charge in [0.2, 0.25) is 0 Å². The fourth-order valence-electron chi connectivity index (χ4n) is 2.80. The Morgan fingerprint density at radius 2 is 2.04 bits per heavy atom. The van der Waals surface area contributed by atoms with Gasteiger partial charge in [-0.15, -0.1) is 0 Å². The molecule has 3 rings (SSSR count). The number of furan rings is 1. The first-order valence-corrected chi connectivity index (χ1v) is 8.84. The number of anilines is 1. The molecule has 0 fully saturated rings. The minimum Gasteiger partial charge on any atom is -0.467 e. The van der Waals surface area contributed by atoms with E-state index in [2.05, 4.69) is 5.32 Å². The number of ether oxygens (including phenoxy) is 1. The lowest BCUT2D eigenvalue weighted by atomic mass is 10.2. The number of esters is 1. The van der Waals surface area contributed by atoms with E-state index in [0.717, 1.165) is 17.5 Å². The minimum atomic E-state index is -0.612. The van der Waals surface area contributed by atoms with Crippen molar-refractivity contribution in [1.29, 1.82) is 0 Å². The highest BCUT2D eigenvalue weighted by atomic mass is 35.5. The Hall–Kier alpha value is -3.06. The SMILES string of the molecule is Cc1cc(C(=O)OCC(=O)Nc2ccc(F)cc2Cl)c(C)n1Cc1ccco1. The van der Waals surface area contributed by atoms with Crippen LogP contribution in [0, 0.1) is 19.7 Å². The van der Waals surface area contributed by atoms with E-state index in [0.29, 0.717) is 17.8 Å². The van der Waals surface area contributed by atoms with Gasteiger partial charge in [-0.25, -0.2) is 9.18 Å². The number of rotatable bonds is 6. The van der Waals surface area contributed by atoms with Gasteiger partial charge in [-0.1, -0.05) is 11.6 Å². The Morgan fingerprint density at radius 1 is 1.25 bits per heavy atom. The Balaban J connectivity index is 1.62. The summed E-state index contributed by atoms with van der Waals surface area (Å²) >= 11 is 5.86. The van der Waals surface area contributed by atoms with Gasteiger partial charge in [-0.3, -0.25) is 4.79 Å². The number of benzene rings is 1. The fourth-order valence-corrected chi connectivity index (χ4v) is 3.01. The highest BCUT2D eigenvalue weighted by Crippen LogP contribution is 2.22. The van der Waals surface area contributed by atoms with Gasteiger partial charge in [0, 0.05) is 11.4 Å². The molecule has 1 aromatic carbocycles. The van der Waals surface area contributed by atoms with E-state index in [9.17, 15) is 14.0 Å². The molecule has 0 bridgehead atoms. The molecule has 0 saturated heterocycles. The molecule has 0 aliphatic heterocycles. The normalized spacial score (nSPS) is 10.7. The van der Waals surface area contributed by atoms with Crippen LogP contribution in [0.5, 0.6) is 0 Å². The molecule has 0 aliphatic carbocycles. The summed E-state index contributed by atoms with van der Waals surface area (Å²) < 4.78 is 25.4. The lowest BCUT2D eigenvalue weighted by Crippen LogP contribution is -2.21. The molecule has 0 aliphatic rings. The van der Waals surface area contributed by atoms with Crippen LogP contribution in [0.1, 0.15) is 27.5 Å². The van der Waals surface area contributed by atoms with Crippen LogP contribution in [0.2, 0.25) is 5.02 Å². The van der Waals surface area contributed by atoms with Gasteiger partial charge in [-0.2, -0.15) is 0 Å². The second kappa shape index (κ2) is 8.31. The average molecular weight is 405 g/mol. The predicted molar refractivity (Wildman–Crippen MR) is 102 cm³/mol. The largest absolute Gasteiger partial charge is 0.467 e. The molecule has 0 radical (unpaired) electrons. The van der Waals surface area contributed by atoms with Crippen molar-refractivity contribution >= 4 is 29.2 Å². The third-order valence-electron chi connectivity index (χ3n) is 4.23. The number of halogens is 2.